The van der Waals surface area contributed by atoms with Crippen LogP contribution in [0.1, 0.15) is 24.2 Å². The van der Waals surface area contributed by atoms with Gasteiger partial charge in [-0.15, -0.1) is 0 Å². The van der Waals surface area contributed by atoms with Gasteiger partial charge in [-0.25, -0.2) is 0 Å². The lowest BCUT2D eigenvalue weighted by atomic mass is 10.1. The van der Waals surface area contributed by atoms with E-state index in [-0.39, 0.29) is 5.56 Å². The number of H-pyrrole nitrogens is 1. The van der Waals surface area contributed by atoms with Gasteiger partial charge in [0, 0.05) is 18.4 Å². The number of likely N-dealkylation sites (N-methyl/N-ethyl adjacent to an activating group) is 1. The molecule has 0 radical (unpaired) electrons. The lowest BCUT2D eigenvalue weighted by molar-refractivity contribution is 0.102. The monoisotopic (exact) mass is 379 g/mol. The van der Waals surface area contributed by atoms with E-state index >= 15 is 0 Å². The van der Waals surface area contributed by atoms with Gasteiger partial charge in [0.15, 0.2) is 0 Å². The summed E-state index contributed by atoms with van der Waals surface area (Å²) in [4.78, 5) is 29.9. The average Bonchev–Trinajstić information content (AvgIpc) is 3.16. The van der Waals surface area contributed by atoms with Crippen molar-refractivity contribution in [3.05, 3.63) is 70.8 Å². The summed E-state index contributed by atoms with van der Waals surface area (Å²) < 4.78 is 1.79. The minimum atomic E-state index is -0.454. The Morgan fingerprint density at radius 3 is 2.57 bits per heavy atom. The highest BCUT2D eigenvalue weighted by molar-refractivity contribution is 6.04. The van der Waals surface area contributed by atoms with E-state index in [9.17, 15) is 9.59 Å². The standard InChI is InChI=1S/C21H25N5O2/c1-3-25(4-2)12-13-26-15-17(14-22-26)23-20(27)18-10-11-19(24-21(18)28)16-8-6-5-7-9-16/h5-11,14-15H,3-4,12-13H2,1-2H3,(H,23,27)(H,24,28). The molecule has 0 aliphatic carbocycles. The minimum Gasteiger partial charge on any atom is -0.321 e. The molecule has 7 heteroatoms. The third-order valence-corrected chi connectivity index (χ3v) is 4.67. The molecule has 2 heterocycles. The van der Waals surface area contributed by atoms with Crippen molar-refractivity contribution in [1.82, 2.24) is 19.7 Å². The van der Waals surface area contributed by atoms with E-state index in [1.165, 1.54) is 0 Å². The third-order valence-electron chi connectivity index (χ3n) is 4.67. The predicted molar refractivity (Wildman–Crippen MR) is 110 cm³/mol. The molecule has 146 valence electrons. The number of amides is 1. The fourth-order valence-corrected chi connectivity index (χ4v) is 2.97. The second kappa shape index (κ2) is 9.14. The van der Waals surface area contributed by atoms with E-state index in [2.05, 4.69) is 34.1 Å². The van der Waals surface area contributed by atoms with Crippen molar-refractivity contribution < 1.29 is 4.79 Å². The second-order valence-electron chi connectivity index (χ2n) is 6.45. The predicted octanol–water partition coefficient (Wildman–Crippen LogP) is 2.83. The average molecular weight is 379 g/mol. The maximum atomic E-state index is 12.5. The van der Waals surface area contributed by atoms with Gasteiger partial charge in [-0.2, -0.15) is 5.10 Å². The van der Waals surface area contributed by atoms with Crippen molar-refractivity contribution >= 4 is 11.6 Å². The molecule has 0 unspecified atom stereocenters. The molecule has 3 rings (SSSR count). The van der Waals surface area contributed by atoms with E-state index in [0.717, 1.165) is 31.7 Å². The van der Waals surface area contributed by atoms with E-state index < -0.39 is 11.5 Å². The summed E-state index contributed by atoms with van der Waals surface area (Å²) in [5, 5.41) is 7.01. The van der Waals surface area contributed by atoms with Crippen molar-refractivity contribution in [3.63, 3.8) is 0 Å². The van der Waals surface area contributed by atoms with Gasteiger partial charge < -0.3 is 15.2 Å². The van der Waals surface area contributed by atoms with E-state index in [1.54, 1.807) is 29.2 Å². The molecule has 0 spiro atoms. The van der Waals surface area contributed by atoms with Gasteiger partial charge in [-0.05, 0) is 30.8 Å². The van der Waals surface area contributed by atoms with Crippen LogP contribution in [0.3, 0.4) is 0 Å². The molecule has 1 amide bonds. The Bertz CT molecular complexity index is 974. The van der Waals surface area contributed by atoms with Crippen LogP contribution in [0.4, 0.5) is 5.69 Å². The normalized spacial score (nSPS) is 11.0. The maximum absolute atomic E-state index is 12.5. The SMILES string of the molecule is CCN(CC)CCn1cc(NC(=O)c2ccc(-c3ccccc3)[nH]c2=O)cn1. The number of carbonyl (C=O) groups is 1. The van der Waals surface area contributed by atoms with Gasteiger partial charge in [0.25, 0.3) is 11.5 Å². The topological polar surface area (TPSA) is 83.0 Å². The van der Waals surface area contributed by atoms with Gasteiger partial charge in [0.2, 0.25) is 0 Å². The Hall–Kier alpha value is -3.19. The molecular formula is C21H25N5O2. The molecule has 0 saturated heterocycles. The summed E-state index contributed by atoms with van der Waals surface area (Å²) in [6.45, 7) is 7.86. The van der Waals surface area contributed by atoms with E-state index in [1.807, 2.05) is 30.3 Å². The Balaban J connectivity index is 1.66. The first kappa shape index (κ1) is 19.6. The molecule has 0 fully saturated rings. The van der Waals surface area contributed by atoms with E-state index in [0.29, 0.717) is 11.4 Å². The zero-order chi connectivity index (χ0) is 19.9. The number of nitrogens with zero attached hydrogens (tertiary/aromatic N) is 3. The molecule has 7 nitrogen and oxygen atoms in total. The summed E-state index contributed by atoms with van der Waals surface area (Å²) in [5.41, 5.74) is 1.77. The van der Waals surface area contributed by atoms with Gasteiger partial charge in [0.05, 0.1) is 18.4 Å². The zero-order valence-corrected chi connectivity index (χ0v) is 16.2. The Labute approximate surface area is 164 Å². The largest absolute Gasteiger partial charge is 0.321 e. The number of benzene rings is 1. The van der Waals surface area contributed by atoms with Crippen molar-refractivity contribution in [1.29, 1.82) is 0 Å². The number of nitrogens with one attached hydrogen (secondary N) is 2. The molecule has 0 saturated carbocycles. The number of hydrogen-bond acceptors (Lipinski definition) is 4. The van der Waals surface area contributed by atoms with Crippen LogP contribution >= 0.6 is 0 Å². The minimum absolute atomic E-state index is 0.0653. The Morgan fingerprint density at radius 1 is 1.14 bits per heavy atom. The van der Waals surface area contributed by atoms with Crippen LogP contribution in [0.15, 0.2) is 59.7 Å². The Kier molecular flexibility index (Phi) is 6.39. The number of carbonyl (C=O) groups excluding carboxylic acids is 1. The van der Waals surface area contributed by atoms with E-state index in [4.69, 9.17) is 0 Å². The first-order valence-corrected chi connectivity index (χ1v) is 9.45. The van der Waals surface area contributed by atoms with Crippen molar-refractivity contribution in [2.75, 3.05) is 25.0 Å². The van der Waals surface area contributed by atoms with Crippen molar-refractivity contribution in [2.45, 2.75) is 20.4 Å². The molecule has 0 atom stereocenters. The van der Waals surface area contributed by atoms with Gasteiger partial charge in [-0.1, -0.05) is 44.2 Å². The first-order chi connectivity index (χ1) is 13.6. The van der Waals surface area contributed by atoms with Crippen molar-refractivity contribution in [2.24, 2.45) is 0 Å². The highest BCUT2D eigenvalue weighted by atomic mass is 16.2. The lowest BCUT2D eigenvalue weighted by Gasteiger charge is -2.17. The highest BCUT2D eigenvalue weighted by Gasteiger charge is 2.13. The van der Waals surface area contributed by atoms with Crippen molar-refractivity contribution in [3.8, 4) is 11.3 Å². The van der Waals surface area contributed by atoms with Crippen LogP contribution in [0.25, 0.3) is 11.3 Å². The van der Waals surface area contributed by atoms with Gasteiger partial charge in [-0.3, -0.25) is 14.3 Å². The smallest absolute Gasteiger partial charge is 0.261 e. The molecular weight excluding hydrogens is 354 g/mol. The summed E-state index contributed by atoms with van der Waals surface area (Å²) in [7, 11) is 0. The number of aromatic nitrogens is 3. The second-order valence-corrected chi connectivity index (χ2v) is 6.45. The quantitative estimate of drug-likeness (QED) is 0.630. The molecule has 2 aromatic heterocycles. The molecule has 0 aliphatic heterocycles. The highest BCUT2D eigenvalue weighted by Crippen LogP contribution is 2.15. The van der Waals surface area contributed by atoms with Crippen LogP contribution in [0.2, 0.25) is 0 Å². The summed E-state index contributed by atoms with van der Waals surface area (Å²) in [5.74, 6) is -0.454. The number of anilines is 1. The molecule has 2 N–H and O–H groups in total. The number of aromatic amines is 1. The molecule has 0 bridgehead atoms. The summed E-state index contributed by atoms with van der Waals surface area (Å²) in [6, 6.07) is 12.8. The lowest BCUT2D eigenvalue weighted by Crippen LogP contribution is -2.27. The van der Waals surface area contributed by atoms with Gasteiger partial charge in [0.1, 0.15) is 5.56 Å². The fourth-order valence-electron chi connectivity index (χ4n) is 2.97. The summed E-state index contributed by atoms with van der Waals surface area (Å²) in [6.07, 6.45) is 3.36. The van der Waals surface area contributed by atoms with Crippen LogP contribution in [-0.2, 0) is 6.54 Å². The molecule has 1 aromatic carbocycles. The van der Waals surface area contributed by atoms with Crippen LogP contribution in [0.5, 0.6) is 0 Å². The first-order valence-electron chi connectivity index (χ1n) is 9.45. The maximum Gasteiger partial charge on any atom is 0.261 e. The molecule has 3 aromatic rings. The molecule has 28 heavy (non-hydrogen) atoms. The summed E-state index contributed by atoms with van der Waals surface area (Å²) >= 11 is 0. The van der Waals surface area contributed by atoms with Crippen LogP contribution < -0.4 is 10.9 Å². The fraction of sp³-hybridized carbons (Fsp3) is 0.286. The van der Waals surface area contributed by atoms with Gasteiger partial charge >= 0.3 is 0 Å². The Morgan fingerprint density at radius 2 is 1.89 bits per heavy atom. The van der Waals surface area contributed by atoms with Crippen LogP contribution in [0, 0.1) is 0 Å². The zero-order valence-electron chi connectivity index (χ0n) is 16.2. The number of hydrogen-bond donors (Lipinski definition) is 2. The number of rotatable bonds is 8. The van der Waals surface area contributed by atoms with Crippen LogP contribution in [-0.4, -0.2) is 45.2 Å². The molecule has 0 aliphatic rings. The third kappa shape index (κ3) is 4.75. The number of pyridine rings is 1.